The maximum absolute atomic E-state index is 10.9. The van der Waals surface area contributed by atoms with Crippen LogP contribution in [0.25, 0.3) is 0 Å². The van der Waals surface area contributed by atoms with Gasteiger partial charge in [0.15, 0.2) is 0 Å². The van der Waals surface area contributed by atoms with Crippen LogP contribution in [-0.2, 0) is 10.2 Å². The third-order valence-corrected chi connectivity index (χ3v) is 2.96. The van der Waals surface area contributed by atoms with Gasteiger partial charge in [-0.2, -0.15) is 12.7 Å². The lowest BCUT2D eigenvalue weighted by atomic mass is 10.3. The summed E-state index contributed by atoms with van der Waals surface area (Å²) in [6.07, 6.45) is 0. The number of nitrogens with two attached hydrogens (primary N) is 1. The molecule has 1 aliphatic heterocycles. The van der Waals surface area contributed by atoms with Crippen molar-refractivity contribution in [3.05, 3.63) is 0 Å². The van der Waals surface area contributed by atoms with Crippen molar-refractivity contribution in [3.8, 4) is 0 Å². The van der Waals surface area contributed by atoms with Gasteiger partial charge in [0.1, 0.15) is 0 Å². The van der Waals surface area contributed by atoms with Gasteiger partial charge in [-0.15, -0.1) is 0 Å². The fourth-order valence-electron chi connectivity index (χ4n) is 1.20. The molecule has 0 unspecified atom stereocenters. The topological polar surface area (TPSA) is 75.4 Å². The van der Waals surface area contributed by atoms with Crippen LogP contribution in [0.5, 0.6) is 0 Å². The Morgan fingerprint density at radius 2 is 2.27 bits per heavy atom. The molecular weight excluding hydrogens is 166 g/mol. The first kappa shape index (κ1) is 8.92. The summed E-state index contributed by atoms with van der Waals surface area (Å²) < 4.78 is 23.1. The molecule has 0 aromatic heterocycles. The Bertz CT molecular complexity index is 226. The molecule has 0 bridgehead atoms. The monoisotopic (exact) mass is 179 g/mol. The molecule has 1 rings (SSSR count). The second-order valence-electron chi connectivity index (χ2n) is 2.71. The largest absolute Gasteiger partial charge is 0.314 e. The summed E-state index contributed by atoms with van der Waals surface area (Å²) in [6.45, 7) is 3.66. The average Bonchev–Trinajstić information content (AvgIpc) is 1.86. The van der Waals surface area contributed by atoms with Crippen LogP contribution in [0.4, 0.5) is 0 Å². The molecule has 1 aliphatic rings. The van der Waals surface area contributed by atoms with Crippen LogP contribution in [0.3, 0.4) is 0 Å². The molecule has 1 saturated heterocycles. The lowest BCUT2D eigenvalue weighted by Crippen LogP contribution is -2.54. The van der Waals surface area contributed by atoms with Crippen molar-refractivity contribution in [2.24, 2.45) is 5.14 Å². The molecule has 0 aromatic rings. The lowest BCUT2D eigenvalue weighted by molar-refractivity contribution is 0.284. The molecule has 0 radical (unpaired) electrons. The highest BCUT2D eigenvalue weighted by atomic mass is 32.2. The van der Waals surface area contributed by atoms with E-state index in [-0.39, 0.29) is 6.04 Å². The molecule has 1 fully saturated rings. The first-order valence-corrected chi connectivity index (χ1v) is 5.02. The number of hydrogen-bond acceptors (Lipinski definition) is 3. The van der Waals surface area contributed by atoms with Crippen LogP contribution < -0.4 is 10.5 Å². The van der Waals surface area contributed by atoms with Gasteiger partial charge >= 0.3 is 0 Å². The standard InChI is InChI=1S/C5H13N3O2S/c1-5-4-7-2-3-8(5)11(6,9)10/h5,7H,2-4H2,1H3,(H2,6,9,10)/t5-/m1/s1. The summed E-state index contributed by atoms with van der Waals surface area (Å²) in [6, 6.07) is -0.0289. The van der Waals surface area contributed by atoms with Crippen molar-refractivity contribution in [2.75, 3.05) is 19.6 Å². The molecule has 0 aliphatic carbocycles. The van der Waals surface area contributed by atoms with E-state index >= 15 is 0 Å². The van der Waals surface area contributed by atoms with Gasteiger partial charge in [0.2, 0.25) is 0 Å². The quantitative estimate of drug-likeness (QED) is 0.513. The van der Waals surface area contributed by atoms with Crippen molar-refractivity contribution in [3.63, 3.8) is 0 Å². The Kier molecular flexibility index (Phi) is 2.48. The minimum Gasteiger partial charge on any atom is -0.314 e. The Labute approximate surface area is 66.7 Å². The molecule has 1 heterocycles. The molecular formula is C5H13N3O2S. The molecule has 3 N–H and O–H groups in total. The Morgan fingerprint density at radius 1 is 1.64 bits per heavy atom. The van der Waals surface area contributed by atoms with E-state index < -0.39 is 10.2 Å². The lowest BCUT2D eigenvalue weighted by Gasteiger charge is -2.30. The van der Waals surface area contributed by atoms with Crippen molar-refractivity contribution in [2.45, 2.75) is 13.0 Å². The summed E-state index contributed by atoms with van der Waals surface area (Å²) in [5.74, 6) is 0. The predicted molar refractivity (Wildman–Crippen MR) is 42.1 cm³/mol. The molecule has 1 atom stereocenters. The van der Waals surface area contributed by atoms with Crippen LogP contribution in [0, 0.1) is 0 Å². The minimum atomic E-state index is -3.48. The number of nitrogens with one attached hydrogen (secondary N) is 1. The molecule has 6 heteroatoms. The van der Waals surface area contributed by atoms with Gasteiger partial charge in [-0.3, -0.25) is 0 Å². The van der Waals surface area contributed by atoms with Gasteiger partial charge in [-0.05, 0) is 6.92 Å². The van der Waals surface area contributed by atoms with Gasteiger partial charge < -0.3 is 5.32 Å². The molecule has 0 amide bonds. The fraction of sp³-hybridized carbons (Fsp3) is 1.00. The normalized spacial score (nSPS) is 28.7. The van der Waals surface area contributed by atoms with Crippen LogP contribution in [-0.4, -0.2) is 38.4 Å². The molecule has 0 spiro atoms. The van der Waals surface area contributed by atoms with Gasteiger partial charge in [-0.25, -0.2) is 5.14 Å². The van der Waals surface area contributed by atoms with Crippen LogP contribution in [0.15, 0.2) is 0 Å². The Hall–Kier alpha value is -0.170. The van der Waals surface area contributed by atoms with Gasteiger partial charge in [-0.1, -0.05) is 0 Å². The summed E-state index contributed by atoms with van der Waals surface area (Å²) in [4.78, 5) is 0. The summed E-state index contributed by atoms with van der Waals surface area (Å²) >= 11 is 0. The van der Waals surface area contributed by atoms with E-state index in [9.17, 15) is 8.42 Å². The highest BCUT2D eigenvalue weighted by molar-refractivity contribution is 7.86. The first-order chi connectivity index (χ1) is 5.02. The van der Waals surface area contributed by atoms with E-state index in [4.69, 9.17) is 5.14 Å². The zero-order chi connectivity index (χ0) is 8.48. The van der Waals surface area contributed by atoms with E-state index in [0.29, 0.717) is 19.6 Å². The van der Waals surface area contributed by atoms with Crippen molar-refractivity contribution in [1.29, 1.82) is 0 Å². The van der Waals surface area contributed by atoms with Gasteiger partial charge in [0.25, 0.3) is 10.2 Å². The Balaban J connectivity index is 2.70. The summed E-state index contributed by atoms with van der Waals surface area (Å²) in [5, 5.41) is 8.05. The third kappa shape index (κ3) is 2.13. The van der Waals surface area contributed by atoms with Gasteiger partial charge in [0.05, 0.1) is 0 Å². The fourth-order valence-corrected chi connectivity index (χ4v) is 2.12. The summed E-state index contributed by atoms with van der Waals surface area (Å²) in [7, 11) is -3.48. The SMILES string of the molecule is C[C@@H]1CNCCN1S(N)(=O)=O. The second kappa shape index (κ2) is 3.06. The van der Waals surface area contributed by atoms with E-state index in [2.05, 4.69) is 5.32 Å². The van der Waals surface area contributed by atoms with Crippen LogP contribution in [0.1, 0.15) is 6.92 Å². The van der Waals surface area contributed by atoms with Crippen molar-refractivity contribution in [1.82, 2.24) is 9.62 Å². The second-order valence-corrected chi connectivity index (χ2v) is 4.21. The molecule has 11 heavy (non-hydrogen) atoms. The number of hydrogen-bond donors (Lipinski definition) is 2. The third-order valence-electron chi connectivity index (χ3n) is 1.77. The Morgan fingerprint density at radius 3 is 2.64 bits per heavy atom. The van der Waals surface area contributed by atoms with E-state index in [1.165, 1.54) is 4.31 Å². The molecule has 5 nitrogen and oxygen atoms in total. The highest BCUT2D eigenvalue weighted by Gasteiger charge is 2.25. The smallest absolute Gasteiger partial charge is 0.277 e. The van der Waals surface area contributed by atoms with Gasteiger partial charge in [0, 0.05) is 25.7 Å². The van der Waals surface area contributed by atoms with Crippen LogP contribution >= 0.6 is 0 Å². The average molecular weight is 179 g/mol. The highest BCUT2D eigenvalue weighted by Crippen LogP contribution is 2.04. The van der Waals surface area contributed by atoms with Crippen molar-refractivity contribution >= 4 is 10.2 Å². The molecule has 0 aromatic carbocycles. The van der Waals surface area contributed by atoms with E-state index in [1.807, 2.05) is 6.92 Å². The van der Waals surface area contributed by atoms with E-state index in [0.717, 1.165) is 0 Å². The number of piperazine rings is 1. The zero-order valence-electron chi connectivity index (χ0n) is 6.45. The maximum atomic E-state index is 10.9. The minimum absolute atomic E-state index is 0.0289. The summed E-state index contributed by atoms with van der Waals surface area (Å²) in [5.41, 5.74) is 0. The zero-order valence-corrected chi connectivity index (χ0v) is 7.26. The first-order valence-electron chi connectivity index (χ1n) is 3.52. The van der Waals surface area contributed by atoms with Crippen LogP contribution in [0.2, 0.25) is 0 Å². The maximum Gasteiger partial charge on any atom is 0.277 e. The predicted octanol–water partition coefficient (Wildman–Crippen LogP) is -1.52. The molecule has 0 saturated carbocycles. The number of nitrogens with zero attached hydrogens (tertiary/aromatic N) is 1. The number of rotatable bonds is 1. The molecule has 66 valence electrons. The van der Waals surface area contributed by atoms with Crippen molar-refractivity contribution < 1.29 is 8.42 Å². The van der Waals surface area contributed by atoms with E-state index in [1.54, 1.807) is 0 Å².